The lowest BCUT2D eigenvalue weighted by atomic mass is 9.86. The van der Waals surface area contributed by atoms with Crippen LogP contribution in [0, 0.1) is 13.8 Å². The van der Waals surface area contributed by atoms with Crippen LogP contribution in [0.4, 0.5) is 8.78 Å². The lowest BCUT2D eigenvalue weighted by Crippen LogP contribution is -2.40. The van der Waals surface area contributed by atoms with Crippen molar-refractivity contribution in [1.29, 1.82) is 0 Å². The van der Waals surface area contributed by atoms with Crippen molar-refractivity contribution in [3.8, 4) is 5.88 Å². The van der Waals surface area contributed by atoms with E-state index in [4.69, 9.17) is 16.3 Å². The van der Waals surface area contributed by atoms with Crippen molar-refractivity contribution in [3.63, 3.8) is 0 Å². The Morgan fingerprint density at radius 1 is 1.11 bits per heavy atom. The zero-order chi connectivity index (χ0) is 27.3. The van der Waals surface area contributed by atoms with Crippen LogP contribution in [0.25, 0.3) is 10.9 Å². The second-order valence-electron chi connectivity index (χ2n) is 9.41. The van der Waals surface area contributed by atoms with Crippen LogP contribution in [0.2, 0.25) is 5.02 Å². The molecule has 0 aliphatic carbocycles. The highest BCUT2D eigenvalue weighted by Gasteiger charge is 2.40. The molecule has 4 aromatic rings. The van der Waals surface area contributed by atoms with Crippen LogP contribution in [0.1, 0.15) is 48.0 Å². The normalized spacial score (nSPS) is 13.4. The van der Waals surface area contributed by atoms with Crippen LogP contribution >= 0.6 is 11.6 Å². The fourth-order valence-electron chi connectivity index (χ4n) is 4.33. The maximum Gasteiger partial charge on any atom is 0.260 e. The van der Waals surface area contributed by atoms with Gasteiger partial charge in [-0.3, -0.25) is 0 Å². The topological polar surface area (TPSA) is 90.0 Å². The molecule has 4 rings (SSSR count). The van der Waals surface area contributed by atoms with Gasteiger partial charge in [-0.25, -0.2) is 23.7 Å². The summed E-state index contributed by atoms with van der Waals surface area (Å²) >= 11 is 6.84. The van der Waals surface area contributed by atoms with Crippen LogP contribution in [0.5, 0.6) is 5.88 Å². The van der Waals surface area contributed by atoms with E-state index in [-0.39, 0.29) is 12.4 Å². The zero-order valence-electron chi connectivity index (χ0n) is 21.9. The third kappa shape index (κ3) is 4.58. The Bertz CT molecular complexity index is 1410. The SMILES string of the molecule is COc1nc2ccc(C(O)(c3cnc(C)n3C)c3cnc(C)n3C)cc2c(Cl)c1CN[C@H](C)C(C)(F)F. The Hall–Kier alpha value is -3.08. The maximum atomic E-state index is 13.7. The first-order chi connectivity index (χ1) is 17.3. The summed E-state index contributed by atoms with van der Waals surface area (Å²) in [6.07, 6.45) is 3.27. The number of rotatable bonds is 8. The fourth-order valence-corrected chi connectivity index (χ4v) is 4.63. The quantitative estimate of drug-likeness (QED) is 0.350. The number of methoxy groups -OCH3 is 1. The molecule has 1 aromatic carbocycles. The summed E-state index contributed by atoms with van der Waals surface area (Å²) in [6.45, 7) is 5.98. The molecule has 0 fully saturated rings. The van der Waals surface area contributed by atoms with Gasteiger partial charge in [-0.15, -0.1) is 0 Å². The van der Waals surface area contributed by atoms with Crippen molar-refractivity contribution < 1.29 is 18.6 Å². The van der Waals surface area contributed by atoms with Gasteiger partial charge >= 0.3 is 0 Å². The molecule has 37 heavy (non-hydrogen) atoms. The van der Waals surface area contributed by atoms with Gasteiger partial charge in [0.25, 0.3) is 5.92 Å². The predicted octanol–water partition coefficient (Wildman–Crippen LogP) is 4.40. The molecular formula is C26H31ClF2N6O2. The molecule has 3 heterocycles. The van der Waals surface area contributed by atoms with Gasteiger partial charge in [0.1, 0.15) is 11.6 Å². The number of benzene rings is 1. The summed E-state index contributed by atoms with van der Waals surface area (Å²) in [7, 11) is 5.12. The summed E-state index contributed by atoms with van der Waals surface area (Å²) in [4.78, 5) is 13.3. The van der Waals surface area contributed by atoms with Crippen molar-refractivity contribution in [2.24, 2.45) is 14.1 Å². The number of aliphatic hydroxyl groups is 1. The van der Waals surface area contributed by atoms with Crippen LogP contribution < -0.4 is 10.1 Å². The lowest BCUT2D eigenvalue weighted by molar-refractivity contribution is -0.0127. The number of imidazole rings is 2. The Kier molecular flexibility index (Phi) is 7.04. The first-order valence-corrected chi connectivity index (χ1v) is 12.2. The van der Waals surface area contributed by atoms with E-state index in [1.54, 1.807) is 30.6 Å². The molecule has 198 valence electrons. The van der Waals surface area contributed by atoms with E-state index in [1.807, 2.05) is 37.1 Å². The van der Waals surface area contributed by atoms with Crippen molar-refractivity contribution in [1.82, 2.24) is 29.4 Å². The molecule has 0 saturated carbocycles. The summed E-state index contributed by atoms with van der Waals surface area (Å²) in [6, 6.07) is 4.18. The molecule has 3 aromatic heterocycles. The van der Waals surface area contributed by atoms with E-state index in [9.17, 15) is 13.9 Å². The van der Waals surface area contributed by atoms with Gasteiger partial charge in [0.2, 0.25) is 5.88 Å². The summed E-state index contributed by atoms with van der Waals surface area (Å²) in [5.41, 5.74) is 0.971. The van der Waals surface area contributed by atoms with E-state index in [1.165, 1.54) is 14.0 Å². The molecule has 1 atom stereocenters. The molecule has 0 unspecified atom stereocenters. The minimum atomic E-state index is -2.92. The van der Waals surface area contributed by atoms with Gasteiger partial charge in [0.05, 0.1) is 47.5 Å². The predicted molar refractivity (Wildman–Crippen MR) is 138 cm³/mol. The van der Waals surface area contributed by atoms with E-state index in [2.05, 4.69) is 20.3 Å². The highest BCUT2D eigenvalue weighted by molar-refractivity contribution is 6.36. The highest BCUT2D eigenvalue weighted by Crippen LogP contribution is 2.40. The first kappa shape index (κ1) is 27.0. The first-order valence-electron chi connectivity index (χ1n) is 11.8. The second-order valence-corrected chi connectivity index (χ2v) is 9.79. The zero-order valence-corrected chi connectivity index (χ0v) is 22.7. The molecule has 11 heteroatoms. The standard InChI is InChI=1S/C26H31ClF2N6O2/c1-14(25(4,28)29)30-11-19-23(27)18-10-17(8-9-20(18)33-24(19)37-7)26(36,21-12-31-15(2)34(21)5)22-13-32-16(3)35(22)6/h8-10,12-14,30,36H,11H2,1-7H3/t14-/m1/s1. The molecule has 0 bridgehead atoms. The number of fused-ring (bicyclic) bond motifs is 1. The van der Waals surface area contributed by atoms with Gasteiger partial charge in [-0.2, -0.15) is 0 Å². The molecule has 2 N–H and O–H groups in total. The molecular weight excluding hydrogens is 502 g/mol. The number of hydrogen-bond acceptors (Lipinski definition) is 6. The molecule has 8 nitrogen and oxygen atoms in total. The van der Waals surface area contributed by atoms with Gasteiger partial charge in [-0.05, 0) is 38.5 Å². The van der Waals surface area contributed by atoms with Gasteiger partial charge in [0.15, 0.2) is 5.60 Å². The monoisotopic (exact) mass is 532 g/mol. The fraction of sp³-hybridized carbons (Fsp3) is 0.423. The number of aryl methyl sites for hydroxylation is 2. The third-order valence-electron chi connectivity index (χ3n) is 7.12. The number of halogens is 3. The van der Waals surface area contributed by atoms with Gasteiger partial charge < -0.3 is 24.3 Å². The van der Waals surface area contributed by atoms with Crippen molar-refractivity contribution >= 4 is 22.5 Å². The van der Waals surface area contributed by atoms with Crippen LogP contribution in [0.15, 0.2) is 30.6 Å². The Labute approximate surface area is 219 Å². The van der Waals surface area contributed by atoms with Crippen LogP contribution in [-0.4, -0.2) is 48.3 Å². The number of alkyl halides is 2. The average molecular weight is 533 g/mol. The minimum absolute atomic E-state index is 0.0197. The Balaban J connectivity index is 1.92. The number of aromatic nitrogens is 5. The van der Waals surface area contributed by atoms with E-state index < -0.39 is 17.6 Å². The van der Waals surface area contributed by atoms with Crippen LogP contribution in [0.3, 0.4) is 0 Å². The van der Waals surface area contributed by atoms with Crippen molar-refractivity contribution in [2.45, 2.75) is 51.8 Å². The lowest BCUT2D eigenvalue weighted by Gasteiger charge is -2.30. The Morgan fingerprint density at radius 3 is 2.14 bits per heavy atom. The third-order valence-corrected chi connectivity index (χ3v) is 7.55. The highest BCUT2D eigenvalue weighted by atomic mass is 35.5. The summed E-state index contributed by atoms with van der Waals surface area (Å²) < 4.78 is 36.6. The van der Waals surface area contributed by atoms with Crippen molar-refractivity contribution in [3.05, 3.63) is 69.8 Å². The number of hydrogen-bond donors (Lipinski definition) is 2. The molecule has 0 spiro atoms. The van der Waals surface area contributed by atoms with Crippen molar-refractivity contribution in [2.75, 3.05) is 7.11 Å². The van der Waals surface area contributed by atoms with E-state index >= 15 is 0 Å². The Morgan fingerprint density at radius 2 is 1.68 bits per heavy atom. The number of pyridine rings is 1. The van der Waals surface area contributed by atoms with Gasteiger partial charge in [-0.1, -0.05) is 17.7 Å². The molecule has 0 amide bonds. The van der Waals surface area contributed by atoms with E-state index in [0.29, 0.717) is 38.4 Å². The largest absolute Gasteiger partial charge is 0.481 e. The number of nitrogens with zero attached hydrogens (tertiary/aromatic N) is 5. The van der Waals surface area contributed by atoms with E-state index in [0.717, 1.165) is 18.6 Å². The van der Waals surface area contributed by atoms with Crippen LogP contribution in [-0.2, 0) is 26.2 Å². The second kappa shape index (κ2) is 9.66. The summed E-state index contributed by atoms with van der Waals surface area (Å²) in [5.74, 6) is -1.22. The maximum absolute atomic E-state index is 13.7. The minimum Gasteiger partial charge on any atom is -0.481 e. The number of nitrogens with one attached hydrogen (secondary N) is 1. The average Bonchev–Trinajstić information content (AvgIpc) is 3.37. The molecule has 0 aliphatic heterocycles. The van der Waals surface area contributed by atoms with Gasteiger partial charge in [0, 0.05) is 38.5 Å². The smallest absolute Gasteiger partial charge is 0.260 e. The molecule has 0 saturated heterocycles. The molecule has 0 aliphatic rings. The summed E-state index contributed by atoms with van der Waals surface area (Å²) in [5, 5.41) is 16.0. The molecule has 0 radical (unpaired) electrons. The number of ether oxygens (including phenoxy) is 1.